The Hall–Kier alpha value is -2.07. The van der Waals surface area contributed by atoms with Crippen LogP contribution in [0.5, 0.6) is 0 Å². The van der Waals surface area contributed by atoms with Gasteiger partial charge in [-0.1, -0.05) is 12.1 Å². The van der Waals surface area contributed by atoms with Crippen LogP contribution in [0.15, 0.2) is 42.6 Å². The van der Waals surface area contributed by atoms with Crippen LogP contribution >= 0.6 is 0 Å². The first-order valence-electron chi connectivity index (χ1n) is 7.94. The Morgan fingerprint density at radius 1 is 0.909 bits per heavy atom. The molecule has 1 fully saturated rings. The minimum absolute atomic E-state index is 0.628. The number of rotatable bonds is 3. The van der Waals surface area contributed by atoms with E-state index in [1.165, 1.54) is 0 Å². The Bertz CT molecular complexity index is 596. The van der Waals surface area contributed by atoms with Crippen molar-refractivity contribution >= 4 is 11.5 Å². The Morgan fingerprint density at radius 3 is 2.09 bits per heavy atom. The number of hydrogen-bond donors (Lipinski definition) is 1. The maximum absolute atomic E-state index is 5.73. The molecule has 1 aliphatic rings. The lowest BCUT2D eigenvalue weighted by atomic mass is 10.1. The number of nitrogens with zero attached hydrogens (tertiary/aromatic N) is 3. The van der Waals surface area contributed by atoms with Gasteiger partial charge in [0.15, 0.2) is 0 Å². The number of anilines is 2. The highest BCUT2D eigenvalue weighted by Gasteiger charge is 2.19. The van der Waals surface area contributed by atoms with Gasteiger partial charge < -0.3 is 10.6 Å². The summed E-state index contributed by atoms with van der Waals surface area (Å²) in [5.74, 6) is 1.07. The van der Waals surface area contributed by atoms with Gasteiger partial charge in [0.2, 0.25) is 0 Å². The molecule has 2 N–H and O–H groups in total. The molecule has 0 bridgehead atoms. The third kappa shape index (κ3) is 3.22. The Morgan fingerprint density at radius 2 is 1.55 bits per heavy atom. The SMILES string of the molecule is CC(C)N1CCN(c2ccc(-c3ccc(N)cc3)cn2)CC1. The molecule has 0 unspecified atom stereocenters. The molecule has 116 valence electrons. The highest BCUT2D eigenvalue weighted by Crippen LogP contribution is 2.22. The van der Waals surface area contributed by atoms with E-state index in [4.69, 9.17) is 5.73 Å². The molecule has 4 heteroatoms. The average Bonchev–Trinajstić information content (AvgIpc) is 2.56. The highest BCUT2D eigenvalue weighted by atomic mass is 15.3. The van der Waals surface area contributed by atoms with Crippen molar-refractivity contribution in [3.63, 3.8) is 0 Å². The predicted molar refractivity (Wildman–Crippen MR) is 93.0 cm³/mol. The van der Waals surface area contributed by atoms with Gasteiger partial charge >= 0.3 is 0 Å². The number of aromatic nitrogens is 1. The summed E-state index contributed by atoms with van der Waals surface area (Å²) in [5.41, 5.74) is 8.80. The molecule has 0 amide bonds. The second kappa shape index (κ2) is 6.36. The van der Waals surface area contributed by atoms with E-state index in [0.29, 0.717) is 6.04 Å². The van der Waals surface area contributed by atoms with Crippen molar-refractivity contribution in [1.82, 2.24) is 9.88 Å². The summed E-state index contributed by atoms with van der Waals surface area (Å²) in [6.07, 6.45) is 1.95. The summed E-state index contributed by atoms with van der Waals surface area (Å²) in [6, 6.07) is 12.8. The van der Waals surface area contributed by atoms with E-state index in [2.05, 4.69) is 40.8 Å². The van der Waals surface area contributed by atoms with Crippen LogP contribution in [0.4, 0.5) is 11.5 Å². The van der Waals surface area contributed by atoms with Crippen LogP contribution in [0.25, 0.3) is 11.1 Å². The van der Waals surface area contributed by atoms with Crippen LogP contribution in [0.1, 0.15) is 13.8 Å². The predicted octanol–water partition coefficient (Wildman–Crippen LogP) is 2.86. The fourth-order valence-electron chi connectivity index (χ4n) is 2.89. The molecule has 1 aliphatic heterocycles. The number of nitrogens with two attached hydrogens (primary N) is 1. The standard InChI is InChI=1S/C18H24N4/c1-14(2)21-9-11-22(12-10-21)18-8-5-16(13-20-18)15-3-6-17(19)7-4-15/h3-8,13-14H,9-12,19H2,1-2H3. The Labute approximate surface area is 132 Å². The van der Waals surface area contributed by atoms with E-state index in [-0.39, 0.29) is 0 Å². The maximum Gasteiger partial charge on any atom is 0.128 e. The maximum atomic E-state index is 5.73. The Balaban J connectivity index is 1.68. The zero-order chi connectivity index (χ0) is 15.5. The highest BCUT2D eigenvalue weighted by molar-refractivity contribution is 5.65. The van der Waals surface area contributed by atoms with Gasteiger partial charge in [0.05, 0.1) is 0 Å². The average molecular weight is 296 g/mol. The third-order valence-corrected chi connectivity index (χ3v) is 4.36. The minimum Gasteiger partial charge on any atom is -0.399 e. The summed E-state index contributed by atoms with van der Waals surface area (Å²) >= 11 is 0. The largest absolute Gasteiger partial charge is 0.399 e. The van der Waals surface area contributed by atoms with Gasteiger partial charge in [-0.25, -0.2) is 4.98 Å². The molecule has 2 heterocycles. The number of nitrogen functional groups attached to an aromatic ring is 1. The molecular weight excluding hydrogens is 272 g/mol. The van der Waals surface area contributed by atoms with Gasteiger partial charge in [0, 0.05) is 49.7 Å². The van der Waals surface area contributed by atoms with Gasteiger partial charge in [-0.2, -0.15) is 0 Å². The zero-order valence-corrected chi connectivity index (χ0v) is 13.4. The molecule has 3 rings (SSSR count). The van der Waals surface area contributed by atoms with E-state index in [1.807, 2.05) is 30.5 Å². The molecule has 4 nitrogen and oxygen atoms in total. The lowest BCUT2D eigenvalue weighted by Gasteiger charge is -2.37. The summed E-state index contributed by atoms with van der Waals surface area (Å²) < 4.78 is 0. The number of hydrogen-bond acceptors (Lipinski definition) is 4. The van der Waals surface area contributed by atoms with Crippen LogP contribution in [0.3, 0.4) is 0 Å². The van der Waals surface area contributed by atoms with Gasteiger partial charge in [-0.05, 0) is 43.7 Å². The van der Waals surface area contributed by atoms with Crippen LogP contribution in [0, 0.1) is 0 Å². The monoisotopic (exact) mass is 296 g/mol. The van der Waals surface area contributed by atoms with Crippen LogP contribution in [0.2, 0.25) is 0 Å². The lowest BCUT2D eigenvalue weighted by Crippen LogP contribution is -2.49. The fourth-order valence-corrected chi connectivity index (χ4v) is 2.89. The number of pyridine rings is 1. The van der Waals surface area contributed by atoms with Crippen molar-refractivity contribution in [3.8, 4) is 11.1 Å². The summed E-state index contributed by atoms with van der Waals surface area (Å²) in [4.78, 5) is 9.53. The quantitative estimate of drug-likeness (QED) is 0.885. The van der Waals surface area contributed by atoms with Crippen molar-refractivity contribution in [2.24, 2.45) is 0 Å². The van der Waals surface area contributed by atoms with Crippen molar-refractivity contribution in [3.05, 3.63) is 42.6 Å². The van der Waals surface area contributed by atoms with E-state index >= 15 is 0 Å². The molecule has 0 radical (unpaired) electrons. The number of piperazine rings is 1. The zero-order valence-electron chi connectivity index (χ0n) is 13.4. The summed E-state index contributed by atoms with van der Waals surface area (Å²) in [5, 5.41) is 0. The molecule has 0 saturated carbocycles. The molecule has 1 saturated heterocycles. The summed E-state index contributed by atoms with van der Waals surface area (Å²) in [6.45, 7) is 8.83. The first-order chi connectivity index (χ1) is 10.6. The third-order valence-electron chi connectivity index (χ3n) is 4.36. The first kappa shape index (κ1) is 14.9. The Kier molecular flexibility index (Phi) is 4.29. The van der Waals surface area contributed by atoms with E-state index in [0.717, 1.165) is 48.8 Å². The van der Waals surface area contributed by atoms with Crippen molar-refractivity contribution in [2.45, 2.75) is 19.9 Å². The van der Waals surface area contributed by atoms with Gasteiger partial charge in [-0.15, -0.1) is 0 Å². The van der Waals surface area contributed by atoms with Crippen LogP contribution < -0.4 is 10.6 Å². The molecule has 0 aliphatic carbocycles. The molecule has 0 spiro atoms. The first-order valence-corrected chi connectivity index (χ1v) is 7.94. The molecular formula is C18H24N4. The fraction of sp³-hybridized carbons (Fsp3) is 0.389. The molecule has 1 aromatic heterocycles. The van der Waals surface area contributed by atoms with Crippen LogP contribution in [-0.4, -0.2) is 42.1 Å². The topological polar surface area (TPSA) is 45.4 Å². The van der Waals surface area contributed by atoms with Gasteiger partial charge in [0.1, 0.15) is 5.82 Å². The normalized spacial score (nSPS) is 16.2. The van der Waals surface area contributed by atoms with Crippen molar-refractivity contribution in [2.75, 3.05) is 36.8 Å². The molecule has 0 atom stereocenters. The van der Waals surface area contributed by atoms with E-state index in [1.54, 1.807) is 0 Å². The van der Waals surface area contributed by atoms with Crippen molar-refractivity contribution < 1.29 is 0 Å². The van der Waals surface area contributed by atoms with E-state index < -0.39 is 0 Å². The summed E-state index contributed by atoms with van der Waals surface area (Å²) in [7, 11) is 0. The number of benzene rings is 1. The lowest BCUT2D eigenvalue weighted by molar-refractivity contribution is 0.209. The molecule has 1 aromatic carbocycles. The molecule has 22 heavy (non-hydrogen) atoms. The minimum atomic E-state index is 0.628. The van der Waals surface area contributed by atoms with E-state index in [9.17, 15) is 0 Å². The smallest absolute Gasteiger partial charge is 0.128 e. The van der Waals surface area contributed by atoms with Gasteiger partial charge in [0.25, 0.3) is 0 Å². The van der Waals surface area contributed by atoms with Gasteiger partial charge in [-0.3, -0.25) is 4.90 Å². The van der Waals surface area contributed by atoms with Crippen molar-refractivity contribution in [1.29, 1.82) is 0 Å². The van der Waals surface area contributed by atoms with Crippen LogP contribution in [-0.2, 0) is 0 Å². The second-order valence-electron chi connectivity index (χ2n) is 6.14. The second-order valence-corrected chi connectivity index (χ2v) is 6.14. The molecule has 2 aromatic rings.